The van der Waals surface area contributed by atoms with Crippen LogP contribution in [0.15, 0.2) is 35.3 Å². The molecule has 22 heavy (non-hydrogen) atoms. The van der Waals surface area contributed by atoms with E-state index in [-0.39, 0.29) is 23.5 Å². The van der Waals surface area contributed by atoms with Crippen LogP contribution in [0, 0.1) is 0 Å². The van der Waals surface area contributed by atoms with Crippen molar-refractivity contribution in [1.29, 1.82) is 0 Å². The summed E-state index contributed by atoms with van der Waals surface area (Å²) in [5, 5.41) is 3.22. The minimum absolute atomic E-state index is 0.146. The molecule has 0 aromatic heterocycles. The number of nitrogens with one attached hydrogen (secondary N) is 1. The summed E-state index contributed by atoms with van der Waals surface area (Å²) in [5.41, 5.74) is 0.750. The molecular weight excluding hydrogens is 298 g/mol. The van der Waals surface area contributed by atoms with Crippen LogP contribution in [0.1, 0.15) is 25.7 Å². The summed E-state index contributed by atoms with van der Waals surface area (Å²) >= 11 is 1.43. The molecule has 1 saturated heterocycles. The maximum Gasteiger partial charge on any atom is 0.262 e. The van der Waals surface area contributed by atoms with Crippen LogP contribution in [0.4, 0.5) is 5.69 Å². The molecule has 116 valence electrons. The van der Waals surface area contributed by atoms with Crippen molar-refractivity contribution in [3.63, 3.8) is 0 Å². The van der Waals surface area contributed by atoms with Crippen molar-refractivity contribution in [3.8, 4) is 0 Å². The number of piperidine rings is 1. The van der Waals surface area contributed by atoms with E-state index in [4.69, 9.17) is 0 Å². The van der Waals surface area contributed by atoms with Gasteiger partial charge in [0, 0.05) is 25.2 Å². The quantitative estimate of drug-likeness (QED) is 0.930. The molecule has 0 aliphatic carbocycles. The third kappa shape index (κ3) is 3.68. The predicted molar refractivity (Wildman–Crippen MR) is 88.9 cm³/mol. The number of carbonyl (C=O) groups is 2. The monoisotopic (exact) mass is 317 g/mol. The average molecular weight is 317 g/mol. The minimum Gasteiger partial charge on any atom is -0.351 e. The van der Waals surface area contributed by atoms with Gasteiger partial charge in [-0.15, -0.1) is 0 Å². The number of likely N-dealkylation sites (tertiary alicyclic amines) is 1. The second-order valence-corrected chi connectivity index (χ2v) is 6.68. The molecule has 1 fully saturated rings. The van der Waals surface area contributed by atoms with E-state index in [1.165, 1.54) is 18.2 Å². The fourth-order valence-electron chi connectivity index (χ4n) is 2.63. The van der Waals surface area contributed by atoms with E-state index in [0.29, 0.717) is 0 Å². The van der Waals surface area contributed by atoms with Crippen molar-refractivity contribution in [2.45, 2.75) is 30.9 Å². The summed E-state index contributed by atoms with van der Waals surface area (Å²) in [6, 6.07) is 9.28. The highest BCUT2D eigenvalue weighted by Crippen LogP contribution is 2.29. The first-order valence-corrected chi connectivity index (χ1v) is 8.49. The number of benzene rings is 1. The molecule has 0 unspecified atom stereocenters. The van der Waals surface area contributed by atoms with Crippen LogP contribution < -0.4 is 5.32 Å². The third-order valence-electron chi connectivity index (χ3n) is 3.78. The molecular formula is C16H19N3O2S. The van der Waals surface area contributed by atoms with E-state index < -0.39 is 0 Å². The number of para-hydroxylation sites is 1. The Morgan fingerprint density at radius 3 is 2.68 bits per heavy atom. The molecule has 1 aromatic rings. The van der Waals surface area contributed by atoms with E-state index in [2.05, 4.69) is 15.2 Å². The van der Waals surface area contributed by atoms with Crippen molar-refractivity contribution in [2.24, 2.45) is 4.99 Å². The molecule has 3 rings (SSSR count). The normalized spacial score (nSPS) is 21.6. The smallest absolute Gasteiger partial charge is 0.262 e. The van der Waals surface area contributed by atoms with Crippen molar-refractivity contribution in [1.82, 2.24) is 4.90 Å². The number of aliphatic imine (C=N–C) groups is 1. The number of thioether (sulfide) groups is 1. The molecule has 0 spiro atoms. The van der Waals surface area contributed by atoms with Gasteiger partial charge in [0.1, 0.15) is 5.25 Å². The standard InChI is InChI=1S/C16H19N3O2S/c20-14(17-12-7-3-1-4-8-12)11-13-15(21)18-16(22-13)19-9-5-2-6-10-19/h1,3-4,7-8,13H,2,5-6,9-11H2,(H,17,20)/t13-/m1/s1. The summed E-state index contributed by atoms with van der Waals surface area (Å²) in [5.74, 6) is -0.332. The summed E-state index contributed by atoms with van der Waals surface area (Å²) in [6.45, 7) is 1.92. The van der Waals surface area contributed by atoms with Crippen LogP contribution in [0.3, 0.4) is 0 Å². The minimum atomic E-state index is -0.388. The highest BCUT2D eigenvalue weighted by molar-refractivity contribution is 8.15. The first-order valence-electron chi connectivity index (χ1n) is 7.61. The Bertz CT molecular complexity index is 582. The van der Waals surface area contributed by atoms with Gasteiger partial charge < -0.3 is 10.2 Å². The van der Waals surface area contributed by atoms with Crippen molar-refractivity contribution in [2.75, 3.05) is 18.4 Å². The number of anilines is 1. The number of rotatable bonds is 3. The van der Waals surface area contributed by atoms with Crippen molar-refractivity contribution >= 4 is 34.4 Å². The zero-order valence-corrected chi connectivity index (χ0v) is 13.1. The fraction of sp³-hybridized carbons (Fsp3) is 0.438. The SMILES string of the molecule is O=C(C[C@H]1SC(N2CCCCC2)=NC1=O)Nc1ccccc1. The maximum atomic E-state index is 12.1. The number of hydrogen-bond acceptors (Lipinski definition) is 4. The van der Waals surface area contributed by atoms with Crippen LogP contribution in [-0.4, -0.2) is 40.2 Å². The molecule has 0 saturated carbocycles. The molecule has 2 amide bonds. The van der Waals surface area contributed by atoms with E-state index in [0.717, 1.165) is 36.8 Å². The Labute approximate surface area is 134 Å². The molecule has 0 bridgehead atoms. The van der Waals surface area contributed by atoms with Gasteiger partial charge in [-0.25, -0.2) is 0 Å². The van der Waals surface area contributed by atoms with Gasteiger partial charge >= 0.3 is 0 Å². The Kier molecular flexibility index (Phi) is 4.77. The van der Waals surface area contributed by atoms with Gasteiger partial charge in [-0.3, -0.25) is 9.59 Å². The van der Waals surface area contributed by atoms with E-state index >= 15 is 0 Å². The lowest BCUT2D eigenvalue weighted by Crippen LogP contribution is -2.33. The van der Waals surface area contributed by atoms with E-state index in [1.54, 1.807) is 0 Å². The molecule has 6 heteroatoms. The number of hydrogen-bond donors (Lipinski definition) is 1. The van der Waals surface area contributed by atoms with Gasteiger partial charge in [-0.05, 0) is 31.4 Å². The van der Waals surface area contributed by atoms with Crippen LogP contribution in [0.2, 0.25) is 0 Å². The van der Waals surface area contributed by atoms with Gasteiger partial charge in [-0.2, -0.15) is 4.99 Å². The molecule has 5 nitrogen and oxygen atoms in total. The second kappa shape index (κ2) is 6.96. The Morgan fingerprint density at radius 1 is 1.23 bits per heavy atom. The first kappa shape index (κ1) is 15.1. The number of amidine groups is 1. The van der Waals surface area contributed by atoms with Gasteiger partial charge in [0.15, 0.2) is 5.17 Å². The number of carbonyl (C=O) groups excluding carboxylic acids is 2. The van der Waals surface area contributed by atoms with Gasteiger partial charge in [-0.1, -0.05) is 30.0 Å². The highest BCUT2D eigenvalue weighted by atomic mass is 32.2. The summed E-state index contributed by atoms with van der Waals surface area (Å²) in [4.78, 5) is 30.4. The molecule has 0 radical (unpaired) electrons. The molecule has 1 N–H and O–H groups in total. The molecule has 1 atom stereocenters. The number of nitrogens with zero attached hydrogens (tertiary/aromatic N) is 2. The van der Waals surface area contributed by atoms with Crippen molar-refractivity contribution in [3.05, 3.63) is 30.3 Å². The molecule has 1 aromatic carbocycles. The van der Waals surface area contributed by atoms with E-state index in [1.807, 2.05) is 30.3 Å². The Balaban J connectivity index is 1.53. The summed E-state index contributed by atoms with van der Waals surface area (Å²) < 4.78 is 0. The average Bonchev–Trinajstić information content (AvgIpc) is 2.90. The maximum absolute atomic E-state index is 12.1. The Morgan fingerprint density at radius 2 is 1.95 bits per heavy atom. The van der Waals surface area contributed by atoms with E-state index in [9.17, 15) is 9.59 Å². The van der Waals surface area contributed by atoms with Crippen LogP contribution >= 0.6 is 11.8 Å². The highest BCUT2D eigenvalue weighted by Gasteiger charge is 2.33. The second-order valence-electron chi connectivity index (χ2n) is 5.51. The van der Waals surface area contributed by atoms with Gasteiger partial charge in [0.05, 0.1) is 0 Å². The zero-order valence-electron chi connectivity index (χ0n) is 12.3. The topological polar surface area (TPSA) is 61.8 Å². The van der Waals surface area contributed by atoms with Gasteiger partial charge in [0.2, 0.25) is 5.91 Å². The Hall–Kier alpha value is -1.82. The van der Waals surface area contributed by atoms with Crippen molar-refractivity contribution < 1.29 is 9.59 Å². The number of amides is 2. The predicted octanol–water partition coefficient (Wildman–Crippen LogP) is 2.50. The van der Waals surface area contributed by atoms with Crippen LogP contribution in [0.25, 0.3) is 0 Å². The zero-order chi connectivity index (χ0) is 15.4. The summed E-state index contributed by atoms with van der Waals surface area (Å²) in [6.07, 6.45) is 3.70. The largest absolute Gasteiger partial charge is 0.351 e. The lowest BCUT2D eigenvalue weighted by molar-refractivity contribution is -0.121. The third-order valence-corrected chi connectivity index (χ3v) is 5.00. The molecule has 2 aliphatic rings. The first-order chi connectivity index (χ1) is 10.7. The van der Waals surface area contributed by atoms with Crippen LogP contribution in [0.5, 0.6) is 0 Å². The molecule has 2 heterocycles. The fourth-order valence-corrected chi connectivity index (χ4v) is 3.75. The van der Waals surface area contributed by atoms with Crippen LogP contribution in [-0.2, 0) is 9.59 Å². The summed E-state index contributed by atoms with van der Waals surface area (Å²) in [7, 11) is 0. The lowest BCUT2D eigenvalue weighted by atomic mass is 10.1. The molecule has 2 aliphatic heterocycles. The lowest BCUT2D eigenvalue weighted by Gasteiger charge is -2.27. The van der Waals surface area contributed by atoms with Gasteiger partial charge in [0.25, 0.3) is 5.91 Å².